The van der Waals surface area contributed by atoms with Gasteiger partial charge in [0.2, 0.25) is 29.4 Å². The number of nitrogens with one attached hydrogen (secondary N) is 10. The fourth-order valence-corrected chi connectivity index (χ4v) is 15.3. The molecule has 3 aromatic carbocycles. The van der Waals surface area contributed by atoms with Crippen LogP contribution in [0.4, 0.5) is 38.8 Å². The Morgan fingerprint density at radius 1 is 0.485 bits per heavy atom. The molecule has 7 aromatic heterocycles. The summed E-state index contributed by atoms with van der Waals surface area (Å²) in [6.45, 7) is 18.8. The maximum absolute atomic E-state index is 14.3. The minimum absolute atomic E-state index is 0.00633. The number of aromatic amines is 1. The summed E-state index contributed by atoms with van der Waals surface area (Å²) >= 11 is 0. The van der Waals surface area contributed by atoms with Crippen LogP contribution in [0.15, 0.2) is 121 Å². The molecular weight excluding hydrogens is 1710 g/mol. The molecule has 0 aliphatic carbocycles. The van der Waals surface area contributed by atoms with E-state index in [1.807, 2.05) is 30.3 Å². The third kappa shape index (κ3) is 27.2. The molecule has 2 aliphatic heterocycles. The van der Waals surface area contributed by atoms with E-state index in [2.05, 4.69) is 82.5 Å². The predicted molar refractivity (Wildman–Crippen MR) is 490 cm³/mol. The van der Waals surface area contributed by atoms with Gasteiger partial charge in [-0.25, -0.2) is 19.3 Å². The number of anilines is 6. The van der Waals surface area contributed by atoms with Gasteiger partial charge in [0.1, 0.15) is 39.9 Å². The Labute approximate surface area is 761 Å². The number of piperidine rings is 1. The van der Waals surface area contributed by atoms with Crippen LogP contribution in [0.1, 0.15) is 126 Å². The summed E-state index contributed by atoms with van der Waals surface area (Å²) in [5, 5.41) is 35.9. The molecular formula is C91H117FN22O18. The molecule has 9 amide bonds. The summed E-state index contributed by atoms with van der Waals surface area (Å²) in [5.41, 5.74) is 4.60. The standard InChI is InChI=1S/C91H117FN22O18/c1-58-47-61(92)48-59(2)80(58)132-73-16-11-60(91(3,4)125)49-67(73)69-55-111(10)90(124)79-68(69)52-70(101-79)84(118)98-62-12-14-65(15-13-62)113-27-20-66(21-28-113)114-32-30-112(31-33-114)34-36-127-38-40-129-42-44-131-46-45-130-43-41-128-39-37-126-35-26-93-76(115)17-22-97-87(121)82-104-74(56-109(82)8)102-77(116)18-23-96-86(120)72-51-64(54-108(72)7)100-89(123)83-105-75(57-110(83)9)103-78(117)19-24-95-85(119)71-50-63(53-107(71)6)99-88(122)81-94-25-29-106(81)5/h11-16,25,29,47-57,66,101,125H,17-24,26-28,30-46H2,1-10H3,(H,93,115)(H,95,119)(H,96,120)(H,97,121)(H,98,118)(H,99,122)(H,100,123)(H,102,116)(H,103,117). The van der Waals surface area contributed by atoms with Gasteiger partial charge in [0, 0.05) is 211 Å². The van der Waals surface area contributed by atoms with Gasteiger partial charge in [0.15, 0.2) is 17.5 Å². The Morgan fingerprint density at radius 3 is 1.52 bits per heavy atom. The molecule has 0 saturated carbocycles. The van der Waals surface area contributed by atoms with E-state index in [9.17, 15) is 57.4 Å². The maximum Gasteiger partial charge on any atom is 0.291 e. The van der Waals surface area contributed by atoms with Crippen molar-refractivity contribution in [2.24, 2.45) is 42.3 Å². The predicted octanol–water partition coefficient (Wildman–Crippen LogP) is 6.08. The van der Waals surface area contributed by atoms with Gasteiger partial charge in [-0.3, -0.25) is 57.7 Å². The normalized spacial score (nSPS) is 13.3. The average molecular weight is 1830 g/mol. The van der Waals surface area contributed by atoms with E-state index in [1.165, 1.54) is 71.9 Å². The number of halogens is 1. The lowest BCUT2D eigenvalue weighted by atomic mass is 9.93. The van der Waals surface area contributed by atoms with Gasteiger partial charge in [-0.2, -0.15) is 0 Å². The highest BCUT2D eigenvalue weighted by molar-refractivity contribution is 6.09. The Bertz CT molecular complexity index is 5740. The second kappa shape index (κ2) is 46.5. The highest BCUT2D eigenvalue weighted by Gasteiger charge is 2.30. The van der Waals surface area contributed by atoms with Gasteiger partial charge in [0.25, 0.3) is 41.0 Å². The molecule has 0 radical (unpaired) electrons. The number of piperazine rings is 1. The number of aryl methyl sites for hydroxylation is 8. The zero-order valence-corrected chi connectivity index (χ0v) is 76.0. The van der Waals surface area contributed by atoms with Crippen molar-refractivity contribution >= 4 is 98.5 Å². The van der Waals surface area contributed by atoms with Crippen LogP contribution in [0.3, 0.4) is 0 Å². The molecule has 0 bridgehead atoms. The number of pyridine rings is 1. The molecule has 132 heavy (non-hydrogen) atoms. The number of nitrogens with zero attached hydrogens (tertiary/aromatic N) is 12. The fourth-order valence-electron chi connectivity index (χ4n) is 15.3. The van der Waals surface area contributed by atoms with E-state index in [0.717, 1.165) is 64.3 Å². The molecule has 706 valence electrons. The van der Waals surface area contributed by atoms with E-state index in [0.29, 0.717) is 135 Å². The van der Waals surface area contributed by atoms with Crippen LogP contribution in [0.25, 0.3) is 22.0 Å². The number of fused-ring (bicyclic) bond motifs is 1. The SMILES string of the molecule is Cc1cc(F)cc(C)c1Oc1ccc(C(C)(C)O)cc1-c1cn(C)c(=O)c2[nH]c(C(=O)Nc3ccc(N4CCC(N5CCN(CCOCCOCCOCCOCCOCCOCCNC(=O)CCNC(=O)c6nc(NC(=O)CCNC(=O)c7cc(NC(=O)c8nc(NC(=O)CCNC(=O)c9cc(NC(=O)c%10nccn%10C)cn9C)cn8C)cn7C)cn6C)CC5)CC4)cc3)cc12. The first-order chi connectivity index (χ1) is 63.4. The molecule has 40 nitrogen and oxygen atoms in total. The third-order valence-electron chi connectivity index (χ3n) is 22.3. The van der Waals surface area contributed by atoms with E-state index in [1.54, 1.807) is 111 Å². The van der Waals surface area contributed by atoms with Crippen LogP contribution < -0.4 is 63.0 Å². The number of imidazole rings is 3. The van der Waals surface area contributed by atoms with Crippen molar-refractivity contribution in [1.29, 1.82) is 0 Å². The van der Waals surface area contributed by atoms with E-state index < -0.39 is 52.9 Å². The van der Waals surface area contributed by atoms with Gasteiger partial charge >= 0.3 is 0 Å². The van der Waals surface area contributed by atoms with E-state index >= 15 is 0 Å². The fraction of sp³-hybridized carbons (Fsp3) is 0.440. The van der Waals surface area contributed by atoms with Crippen LogP contribution in [0, 0.1) is 19.7 Å². The molecule has 9 heterocycles. The Kier molecular flexibility index (Phi) is 34.5. The van der Waals surface area contributed by atoms with Crippen LogP contribution in [0.2, 0.25) is 0 Å². The quantitative estimate of drug-likeness (QED) is 0.0192. The highest BCUT2D eigenvalue weighted by Crippen LogP contribution is 2.41. The minimum atomic E-state index is -1.21. The third-order valence-corrected chi connectivity index (χ3v) is 22.3. The number of aromatic nitrogens is 10. The van der Waals surface area contributed by atoms with Gasteiger partial charge in [0.05, 0.1) is 96.3 Å². The van der Waals surface area contributed by atoms with Gasteiger partial charge in [-0.05, 0) is 124 Å². The average Bonchev–Trinajstić information content (AvgIpc) is 1.54. The van der Waals surface area contributed by atoms with Gasteiger partial charge in [-0.1, -0.05) is 6.07 Å². The highest BCUT2D eigenvalue weighted by atomic mass is 19.1. The summed E-state index contributed by atoms with van der Waals surface area (Å²) < 4.78 is 63.6. The van der Waals surface area contributed by atoms with Crippen molar-refractivity contribution < 1.29 is 85.8 Å². The zero-order chi connectivity index (χ0) is 94.1. The number of ether oxygens (including phenoxy) is 7. The summed E-state index contributed by atoms with van der Waals surface area (Å²) in [7, 11) is 9.68. The van der Waals surface area contributed by atoms with Crippen LogP contribution in [-0.4, -0.2) is 273 Å². The van der Waals surface area contributed by atoms with Gasteiger partial charge in [-0.15, -0.1) is 0 Å². The molecule has 2 aliphatic rings. The smallest absolute Gasteiger partial charge is 0.291 e. The number of amides is 9. The lowest BCUT2D eigenvalue weighted by molar-refractivity contribution is -0.121. The second-order valence-electron chi connectivity index (χ2n) is 32.7. The Morgan fingerprint density at radius 2 is 0.985 bits per heavy atom. The topological polar surface area (TPSA) is 458 Å². The van der Waals surface area contributed by atoms with Crippen LogP contribution in [0.5, 0.6) is 11.5 Å². The first-order valence-corrected chi connectivity index (χ1v) is 43.7. The molecule has 0 atom stereocenters. The van der Waals surface area contributed by atoms with Crippen molar-refractivity contribution in [1.82, 2.24) is 78.4 Å². The Hall–Kier alpha value is -13.3. The Balaban J connectivity index is 0.425. The molecule has 10 aromatic rings. The molecule has 2 saturated heterocycles. The minimum Gasteiger partial charge on any atom is -0.456 e. The summed E-state index contributed by atoms with van der Waals surface area (Å²) in [4.78, 5) is 154. The van der Waals surface area contributed by atoms with Crippen molar-refractivity contribution in [2.75, 3.05) is 183 Å². The largest absolute Gasteiger partial charge is 0.456 e. The summed E-state index contributed by atoms with van der Waals surface area (Å²) in [6.07, 6.45) is 12.6. The number of benzene rings is 3. The molecule has 0 spiro atoms. The van der Waals surface area contributed by atoms with E-state index in [-0.39, 0.29) is 127 Å². The number of H-pyrrole nitrogens is 1. The van der Waals surface area contributed by atoms with E-state index in [4.69, 9.17) is 33.2 Å². The summed E-state index contributed by atoms with van der Waals surface area (Å²) in [6, 6.07) is 21.1. The lowest BCUT2D eigenvalue weighted by Crippen LogP contribution is -2.53. The number of carbonyl (C=O) groups is 9. The van der Waals surface area contributed by atoms with Crippen molar-refractivity contribution in [3.05, 3.63) is 184 Å². The molecule has 2 fully saturated rings. The lowest BCUT2D eigenvalue weighted by Gasteiger charge is -2.43. The van der Waals surface area contributed by atoms with Crippen LogP contribution >= 0.6 is 0 Å². The van der Waals surface area contributed by atoms with Crippen molar-refractivity contribution in [3.8, 4) is 22.6 Å². The number of rotatable bonds is 47. The second-order valence-corrected chi connectivity index (χ2v) is 32.7. The van der Waals surface area contributed by atoms with Crippen molar-refractivity contribution in [2.45, 2.75) is 71.4 Å². The first-order valence-electron chi connectivity index (χ1n) is 43.7. The number of hydrogen-bond donors (Lipinski definition) is 11. The maximum atomic E-state index is 14.3. The number of hydrogen-bond acceptors (Lipinski definition) is 24. The summed E-state index contributed by atoms with van der Waals surface area (Å²) in [5.74, 6) is -3.53. The molecule has 11 N–H and O–H groups in total. The molecule has 0 unspecified atom stereocenters. The van der Waals surface area contributed by atoms with Crippen molar-refractivity contribution in [3.63, 3.8) is 0 Å². The number of aliphatic hydroxyl groups is 1. The number of carbonyl (C=O) groups excluding carboxylic acids is 9. The monoisotopic (exact) mass is 1820 g/mol. The first kappa shape index (κ1) is 97.8. The van der Waals surface area contributed by atoms with Crippen LogP contribution in [-0.2, 0) is 90.7 Å². The van der Waals surface area contributed by atoms with Gasteiger partial charge < -0.3 is 123 Å². The molecule has 41 heteroatoms. The zero-order valence-electron chi connectivity index (χ0n) is 76.0. The molecule has 12 rings (SSSR count).